The van der Waals surface area contributed by atoms with Crippen LogP contribution in [0.1, 0.15) is 58.3 Å². The molecule has 110 valence electrons. The number of hydrogen-bond acceptors (Lipinski definition) is 2. The van der Waals surface area contributed by atoms with Gasteiger partial charge in [-0.3, -0.25) is 0 Å². The van der Waals surface area contributed by atoms with Crippen LogP contribution in [-0.2, 0) is 10.0 Å². The molecule has 0 heterocycles. The van der Waals surface area contributed by atoms with E-state index in [1.807, 2.05) is 0 Å². The van der Waals surface area contributed by atoms with Crippen molar-refractivity contribution in [3.8, 4) is 0 Å². The molecule has 3 nitrogen and oxygen atoms in total. The van der Waals surface area contributed by atoms with Crippen molar-refractivity contribution < 1.29 is 8.42 Å². The summed E-state index contributed by atoms with van der Waals surface area (Å²) in [6.45, 7) is 2.16. The number of rotatable bonds is 5. The Morgan fingerprint density at radius 1 is 1.11 bits per heavy atom. The van der Waals surface area contributed by atoms with Gasteiger partial charge >= 0.3 is 0 Å². The van der Waals surface area contributed by atoms with E-state index in [0.717, 1.165) is 30.6 Å². The van der Waals surface area contributed by atoms with Crippen LogP contribution in [0.15, 0.2) is 0 Å². The highest BCUT2D eigenvalue weighted by atomic mass is 32.2. The molecule has 4 aliphatic rings. The van der Waals surface area contributed by atoms with E-state index < -0.39 is 10.0 Å². The molecule has 4 aliphatic carbocycles. The van der Waals surface area contributed by atoms with Gasteiger partial charge in [0.1, 0.15) is 0 Å². The summed E-state index contributed by atoms with van der Waals surface area (Å²) < 4.78 is 26.4. The van der Waals surface area contributed by atoms with Gasteiger partial charge in [0.05, 0.1) is 6.26 Å². The first-order valence-corrected chi connectivity index (χ1v) is 9.76. The standard InChI is InChI=1S/C15H27NO2S/c1-3-4-14(16-19(2,17)18)15-8-11-5-12(9-15)7-13(6-11)10-15/h11-14,16H,3-10H2,1-2H3. The van der Waals surface area contributed by atoms with Gasteiger partial charge in [0.15, 0.2) is 0 Å². The van der Waals surface area contributed by atoms with Crippen molar-refractivity contribution in [1.82, 2.24) is 4.72 Å². The predicted octanol–water partition coefficient (Wildman–Crippen LogP) is 2.92. The van der Waals surface area contributed by atoms with Crippen molar-refractivity contribution in [3.05, 3.63) is 0 Å². The summed E-state index contributed by atoms with van der Waals surface area (Å²) in [5, 5.41) is 0. The lowest BCUT2D eigenvalue weighted by atomic mass is 9.47. The molecular formula is C15H27NO2S. The first-order valence-electron chi connectivity index (χ1n) is 7.87. The number of hydrogen-bond donors (Lipinski definition) is 1. The number of nitrogens with one attached hydrogen (secondary N) is 1. The minimum Gasteiger partial charge on any atom is -0.213 e. The highest BCUT2D eigenvalue weighted by Gasteiger charge is 2.54. The van der Waals surface area contributed by atoms with Gasteiger partial charge < -0.3 is 0 Å². The number of sulfonamides is 1. The van der Waals surface area contributed by atoms with Crippen molar-refractivity contribution in [2.24, 2.45) is 23.2 Å². The molecule has 0 aliphatic heterocycles. The highest BCUT2D eigenvalue weighted by Crippen LogP contribution is 2.61. The Labute approximate surface area is 117 Å². The smallest absolute Gasteiger partial charge is 0.208 e. The monoisotopic (exact) mass is 285 g/mol. The van der Waals surface area contributed by atoms with E-state index in [1.54, 1.807) is 0 Å². The van der Waals surface area contributed by atoms with Gasteiger partial charge in [0, 0.05) is 6.04 Å². The minimum atomic E-state index is -3.09. The van der Waals surface area contributed by atoms with E-state index >= 15 is 0 Å². The molecule has 0 spiro atoms. The van der Waals surface area contributed by atoms with E-state index in [1.165, 1.54) is 44.8 Å². The molecule has 0 amide bonds. The summed E-state index contributed by atoms with van der Waals surface area (Å²) in [4.78, 5) is 0. The molecule has 4 bridgehead atoms. The zero-order valence-corrected chi connectivity index (χ0v) is 13.0. The average molecular weight is 285 g/mol. The Balaban J connectivity index is 1.84. The van der Waals surface area contributed by atoms with Crippen LogP contribution in [0, 0.1) is 23.2 Å². The molecule has 1 atom stereocenters. The Hall–Kier alpha value is -0.0900. The van der Waals surface area contributed by atoms with Crippen molar-refractivity contribution >= 4 is 10.0 Å². The van der Waals surface area contributed by atoms with Crippen molar-refractivity contribution in [2.75, 3.05) is 6.26 Å². The largest absolute Gasteiger partial charge is 0.213 e. The van der Waals surface area contributed by atoms with Crippen LogP contribution >= 0.6 is 0 Å². The molecule has 0 aromatic carbocycles. The minimum absolute atomic E-state index is 0.181. The van der Waals surface area contributed by atoms with Crippen LogP contribution in [0.5, 0.6) is 0 Å². The molecule has 4 fully saturated rings. The fourth-order valence-corrected chi connectivity index (χ4v) is 6.53. The molecule has 0 saturated heterocycles. The average Bonchev–Trinajstić information content (AvgIpc) is 2.24. The third-order valence-corrected chi connectivity index (χ3v) is 6.47. The Morgan fingerprint density at radius 3 is 1.95 bits per heavy atom. The van der Waals surface area contributed by atoms with Crippen LogP contribution in [0.4, 0.5) is 0 Å². The maximum absolute atomic E-state index is 11.7. The van der Waals surface area contributed by atoms with E-state index in [0.29, 0.717) is 0 Å². The zero-order chi connectivity index (χ0) is 13.7. The maximum atomic E-state index is 11.7. The fourth-order valence-electron chi connectivity index (χ4n) is 5.64. The molecule has 0 radical (unpaired) electrons. The molecule has 4 rings (SSSR count). The predicted molar refractivity (Wildman–Crippen MR) is 77.3 cm³/mol. The van der Waals surface area contributed by atoms with Gasteiger partial charge in [-0.25, -0.2) is 13.1 Å². The van der Waals surface area contributed by atoms with Crippen LogP contribution in [0.25, 0.3) is 0 Å². The summed E-state index contributed by atoms with van der Waals surface area (Å²) in [6, 6.07) is 0.181. The van der Waals surface area contributed by atoms with E-state index in [2.05, 4.69) is 11.6 Å². The molecule has 1 unspecified atom stereocenters. The lowest BCUT2D eigenvalue weighted by Gasteiger charge is -2.59. The topological polar surface area (TPSA) is 46.2 Å². The zero-order valence-electron chi connectivity index (χ0n) is 12.2. The lowest BCUT2D eigenvalue weighted by Crippen LogP contribution is -2.56. The quantitative estimate of drug-likeness (QED) is 0.844. The highest BCUT2D eigenvalue weighted by molar-refractivity contribution is 7.88. The second kappa shape index (κ2) is 4.73. The Bertz CT molecular complexity index is 408. The molecule has 1 N–H and O–H groups in total. The van der Waals surface area contributed by atoms with Crippen LogP contribution in [0.2, 0.25) is 0 Å². The lowest BCUT2D eigenvalue weighted by molar-refractivity contribution is -0.0712. The van der Waals surface area contributed by atoms with Gasteiger partial charge in [-0.15, -0.1) is 0 Å². The summed E-state index contributed by atoms with van der Waals surface area (Å²) in [5.74, 6) is 2.64. The summed E-state index contributed by atoms with van der Waals surface area (Å²) in [6.07, 6.45) is 11.4. The first-order chi connectivity index (χ1) is 8.90. The van der Waals surface area contributed by atoms with E-state index in [4.69, 9.17) is 0 Å². The SMILES string of the molecule is CCCC(NS(C)(=O)=O)C12CC3CC(CC(C3)C1)C2. The third kappa shape index (κ3) is 2.71. The van der Waals surface area contributed by atoms with Crippen LogP contribution in [-0.4, -0.2) is 20.7 Å². The molecule has 19 heavy (non-hydrogen) atoms. The van der Waals surface area contributed by atoms with Gasteiger partial charge in [-0.2, -0.15) is 0 Å². The van der Waals surface area contributed by atoms with Crippen molar-refractivity contribution in [2.45, 2.75) is 64.3 Å². The van der Waals surface area contributed by atoms with Gasteiger partial charge in [-0.05, 0) is 68.1 Å². The third-order valence-electron chi connectivity index (χ3n) is 5.76. The normalized spacial score (nSPS) is 42.5. The maximum Gasteiger partial charge on any atom is 0.208 e. The molecule has 4 saturated carbocycles. The summed E-state index contributed by atoms with van der Waals surface area (Å²) in [7, 11) is -3.09. The second-order valence-corrected chi connectivity index (χ2v) is 9.29. The first kappa shape index (κ1) is 13.9. The van der Waals surface area contributed by atoms with Crippen molar-refractivity contribution in [3.63, 3.8) is 0 Å². The molecular weight excluding hydrogens is 258 g/mol. The second-order valence-electron chi connectivity index (χ2n) is 7.51. The Kier molecular flexibility index (Phi) is 3.45. The van der Waals surface area contributed by atoms with Gasteiger partial charge in [0.2, 0.25) is 10.0 Å². The Morgan fingerprint density at radius 2 is 1.58 bits per heavy atom. The van der Waals surface area contributed by atoms with E-state index in [-0.39, 0.29) is 11.5 Å². The van der Waals surface area contributed by atoms with Gasteiger partial charge in [-0.1, -0.05) is 13.3 Å². The van der Waals surface area contributed by atoms with Crippen molar-refractivity contribution in [1.29, 1.82) is 0 Å². The summed E-state index contributed by atoms with van der Waals surface area (Å²) >= 11 is 0. The van der Waals surface area contributed by atoms with Gasteiger partial charge in [0.25, 0.3) is 0 Å². The van der Waals surface area contributed by atoms with Crippen LogP contribution < -0.4 is 4.72 Å². The van der Waals surface area contributed by atoms with E-state index in [9.17, 15) is 8.42 Å². The fraction of sp³-hybridized carbons (Fsp3) is 1.00. The summed E-state index contributed by atoms with van der Waals surface area (Å²) in [5.41, 5.74) is 0.286. The van der Waals surface area contributed by atoms with Crippen LogP contribution in [0.3, 0.4) is 0 Å². The molecule has 4 heteroatoms. The molecule has 0 aromatic rings. The molecule has 0 aromatic heterocycles.